The van der Waals surface area contributed by atoms with Crippen molar-refractivity contribution in [3.63, 3.8) is 0 Å². The maximum atomic E-state index is 13.0. The number of rotatable bonds is 5. The Labute approximate surface area is 165 Å². The lowest BCUT2D eigenvalue weighted by Gasteiger charge is -2.16. The van der Waals surface area contributed by atoms with Crippen LogP contribution in [0.3, 0.4) is 0 Å². The zero-order valence-electron chi connectivity index (χ0n) is 15.3. The molecule has 0 unspecified atom stereocenters. The Bertz CT molecular complexity index is 936. The first-order valence-electron chi connectivity index (χ1n) is 8.67. The van der Waals surface area contributed by atoms with Gasteiger partial charge in [-0.25, -0.2) is 0 Å². The Hall–Kier alpha value is -2.54. The van der Waals surface area contributed by atoms with Crippen LogP contribution in [0.1, 0.15) is 30.5 Å². The number of hydrogen-bond acceptors (Lipinski definition) is 3. The summed E-state index contributed by atoms with van der Waals surface area (Å²) < 4.78 is 38.9. The van der Waals surface area contributed by atoms with Crippen molar-refractivity contribution in [3.8, 4) is 0 Å². The van der Waals surface area contributed by atoms with Gasteiger partial charge in [0.25, 0.3) is 11.8 Å². The fourth-order valence-corrected chi connectivity index (χ4v) is 3.94. The average molecular weight is 405 g/mol. The first-order valence-corrected chi connectivity index (χ1v) is 9.55. The topological polar surface area (TPSA) is 37.4 Å². The van der Waals surface area contributed by atoms with E-state index in [0.29, 0.717) is 16.0 Å². The molecule has 1 heterocycles. The van der Waals surface area contributed by atoms with E-state index in [2.05, 4.69) is 0 Å². The first-order chi connectivity index (χ1) is 13.2. The monoisotopic (exact) mass is 405 g/mol. The van der Waals surface area contributed by atoms with E-state index in [0.717, 1.165) is 17.0 Å². The Morgan fingerprint density at radius 1 is 0.964 bits per heavy atom. The van der Waals surface area contributed by atoms with E-state index in [9.17, 15) is 22.8 Å². The highest BCUT2D eigenvalue weighted by atomic mass is 32.2. The van der Waals surface area contributed by atoms with Crippen LogP contribution in [0.4, 0.5) is 13.2 Å². The zero-order chi connectivity index (χ0) is 20.5. The second-order valence-corrected chi connectivity index (χ2v) is 8.22. The summed E-state index contributed by atoms with van der Waals surface area (Å²) in [4.78, 5) is 27.3. The summed E-state index contributed by atoms with van der Waals surface area (Å²) in [6.45, 7) is 3.61. The van der Waals surface area contributed by atoms with E-state index >= 15 is 0 Å². The van der Waals surface area contributed by atoms with Crippen molar-refractivity contribution in [2.24, 2.45) is 0 Å². The maximum absolute atomic E-state index is 13.0. The van der Waals surface area contributed by atoms with Gasteiger partial charge in [0, 0.05) is 5.25 Å². The Kier molecular flexibility index (Phi) is 5.65. The number of imide groups is 1. The summed E-state index contributed by atoms with van der Waals surface area (Å²) in [6.07, 6.45) is -4.48. The number of thioether (sulfide) groups is 1. The molecule has 0 atom stereocenters. The SMILES string of the molecule is CC(C)SC1=C(c2ccccc2)C(=O)N(Cc2cccc(C(F)(F)F)c2)C1=O. The fourth-order valence-electron chi connectivity index (χ4n) is 2.93. The smallest absolute Gasteiger partial charge is 0.269 e. The standard InChI is InChI=1S/C21H18F3NO2S/c1-13(2)28-18-17(15-8-4-3-5-9-15)19(26)25(20(18)27)12-14-7-6-10-16(11-14)21(22,23)24/h3-11,13H,12H2,1-2H3. The molecule has 0 bridgehead atoms. The van der Waals surface area contributed by atoms with Crippen LogP contribution in [0.15, 0.2) is 59.5 Å². The van der Waals surface area contributed by atoms with Crippen molar-refractivity contribution in [2.75, 3.05) is 0 Å². The van der Waals surface area contributed by atoms with Crippen LogP contribution in [0.5, 0.6) is 0 Å². The molecule has 7 heteroatoms. The summed E-state index contributed by atoms with van der Waals surface area (Å²) in [6, 6.07) is 13.5. The molecular formula is C21H18F3NO2S. The van der Waals surface area contributed by atoms with Crippen LogP contribution in [0, 0.1) is 0 Å². The molecule has 0 N–H and O–H groups in total. The van der Waals surface area contributed by atoms with Gasteiger partial charge >= 0.3 is 6.18 Å². The normalized spacial score (nSPS) is 15.1. The summed E-state index contributed by atoms with van der Waals surface area (Å²) in [5, 5.41) is 0.0685. The highest BCUT2D eigenvalue weighted by molar-refractivity contribution is 8.04. The van der Waals surface area contributed by atoms with E-state index in [1.54, 1.807) is 30.3 Å². The van der Waals surface area contributed by atoms with Gasteiger partial charge in [0.15, 0.2) is 0 Å². The zero-order valence-corrected chi connectivity index (χ0v) is 16.1. The van der Waals surface area contributed by atoms with Crippen LogP contribution in [-0.2, 0) is 22.3 Å². The number of hydrogen-bond donors (Lipinski definition) is 0. The van der Waals surface area contributed by atoms with Crippen molar-refractivity contribution in [1.29, 1.82) is 0 Å². The van der Waals surface area contributed by atoms with Gasteiger partial charge in [0.05, 0.1) is 22.6 Å². The quantitative estimate of drug-likeness (QED) is 0.648. The summed E-state index contributed by atoms with van der Waals surface area (Å²) >= 11 is 1.29. The minimum atomic E-state index is -4.48. The van der Waals surface area contributed by atoms with Gasteiger partial charge in [-0.3, -0.25) is 14.5 Å². The van der Waals surface area contributed by atoms with Crippen molar-refractivity contribution in [2.45, 2.75) is 31.8 Å². The number of halogens is 3. The van der Waals surface area contributed by atoms with Crippen LogP contribution in [-0.4, -0.2) is 22.0 Å². The van der Waals surface area contributed by atoms with Crippen LogP contribution in [0.25, 0.3) is 5.57 Å². The number of alkyl halides is 3. The molecule has 2 amide bonds. The highest BCUT2D eigenvalue weighted by Gasteiger charge is 2.39. The largest absolute Gasteiger partial charge is 0.416 e. The van der Waals surface area contributed by atoms with Crippen LogP contribution >= 0.6 is 11.8 Å². The Balaban J connectivity index is 1.95. The van der Waals surface area contributed by atoms with Crippen molar-refractivity contribution in [1.82, 2.24) is 4.90 Å². The summed E-state index contributed by atoms with van der Waals surface area (Å²) in [7, 11) is 0. The fraction of sp³-hybridized carbons (Fsp3) is 0.238. The number of benzene rings is 2. The minimum absolute atomic E-state index is 0.0685. The molecule has 1 aliphatic rings. The summed E-state index contributed by atoms with van der Waals surface area (Å²) in [5.41, 5.74) is 0.365. The van der Waals surface area contributed by atoms with Gasteiger partial charge < -0.3 is 0 Å². The molecular weight excluding hydrogens is 387 g/mol. The molecule has 0 fully saturated rings. The van der Waals surface area contributed by atoms with Crippen molar-refractivity contribution >= 4 is 29.1 Å². The van der Waals surface area contributed by atoms with E-state index in [-0.39, 0.29) is 17.4 Å². The van der Waals surface area contributed by atoms with Gasteiger partial charge in [-0.1, -0.05) is 56.3 Å². The average Bonchev–Trinajstić information content (AvgIpc) is 2.86. The molecule has 0 radical (unpaired) electrons. The van der Waals surface area contributed by atoms with Gasteiger partial charge in [0.1, 0.15) is 0 Å². The third-order valence-corrected chi connectivity index (χ3v) is 5.22. The molecule has 2 aromatic carbocycles. The van der Waals surface area contributed by atoms with Crippen molar-refractivity contribution < 1.29 is 22.8 Å². The predicted octanol–water partition coefficient (Wildman–Crippen LogP) is 5.13. The van der Waals surface area contributed by atoms with Gasteiger partial charge in [-0.2, -0.15) is 13.2 Å². The lowest BCUT2D eigenvalue weighted by Crippen LogP contribution is -2.31. The molecule has 2 aromatic rings. The number of carbonyl (C=O) groups is 2. The maximum Gasteiger partial charge on any atom is 0.416 e. The van der Waals surface area contributed by atoms with Crippen LogP contribution in [0.2, 0.25) is 0 Å². The summed E-state index contributed by atoms with van der Waals surface area (Å²) in [5.74, 6) is -0.961. The molecule has 0 aromatic heterocycles. The first kappa shape index (κ1) is 20.2. The molecule has 3 nitrogen and oxygen atoms in total. The molecule has 28 heavy (non-hydrogen) atoms. The molecule has 0 saturated carbocycles. The van der Waals surface area contributed by atoms with E-state index in [1.807, 2.05) is 13.8 Å². The van der Waals surface area contributed by atoms with Gasteiger partial charge in [-0.05, 0) is 23.3 Å². The Morgan fingerprint density at radius 3 is 2.25 bits per heavy atom. The minimum Gasteiger partial charge on any atom is -0.269 e. The molecule has 1 aliphatic heterocycles. The number of amides is 2. The van der Waals surface area contributed by atoms with Gasteiger partial charge in [0.2, 0.25) is 0 Å². The number of carbonyl (C=O) groups excluding carboxylic acids is 2. The van der Waals surface area contributed by atoms with E-state index in [4.69, 9.17) is 0 Å². The second-order valence-electron chi connectivity index (χ2n) is 6.63. The molecule has 146 valence electrons. The highest BCUT2D eigenvalue weighted by Crippen LogP contribution is 2.38. The number of nitrogens with zero attached hydrogens (tertiary/aromatic N) is 1. The molecule has 0 aliphatic carbocycles. The second kappa shape index (κ2) is 7.83. The van der Waals surface area contributed by atoms with Crippen molar-refractivity contribution in [3.05, 3.63) is 76.2 Å². The van der Waals surface area contributed by atoms with Crippen LogP contribution < -0.4 is 0 Å². The molecule has 0 spiro atoms. The lowest BCUT2D eigenvalue weighted by atomic mass is 10.1. The lowest BCUT2D eigenvalue weighted by molar-refractivity contribution is -0.137. The predicted molar refractivity (Wildman–Crippen MR) is 103 cm³/mol. The van der Waals surface area contributed by atoms with E-state index in [1.165, 1.54) is 23.9 Å². The third kappa shape index (κ3) is 4.14. The molecule has 0 saturated heterocycles. The Morgan fingerprint density at radius 2 is 1.64 bits per heavy atom. The van der Waals surface area contributed by atoms with E-state index < -0.39 is 23.6 Å². The molecule has 3 rings (SSSR count). The van der Waals surface area contributed by atoms with Gasteiger partial charge in [-0.15, -0.1) is 11.8 Å². The third-order valence-electron chi connectivity index (χ3n) is 4.14.